The lowest BCUT2D eigenvalue weighted by Gasteiger charge is -2.34. The highest BCUT2D eigenvalue weighted by molar-refractivity contribution is 5.97. The fraction of sp³-hybridized carbons (Fsp3) is 0.519. The summed E-state index contributed by atoms with van der Waals surface area (Å²) in [7, 11) is 0. The Morgan fingerprint density at radius 1 is 1.20 bits per heavy atom. The predicted octanol–water partition coefficient (Wildman–Crippen LogP) is 5.05. The number of hydrogen-bond donors (Lipinski definition) is 1. The van der Waals surface area contributed by atoms with Gasteiger partial charge in [-0.15, -0.1) is 0 Å². The number of rotatable bonds is 8. The first kappa shape index (κ1) is 26.4. The fourth-order valence-corrected chi connectivity index (χ4v) is 4.15. The van der Waals surface area contributed by atoms with Gasteiger partial charge < -0.3 is 19.5 Å². The lowest BCUT2D eigenvalue weighted by Crippen LogP contribution is -2.50. The Morgan fingerprint density at radius 2 is 1.97 bits per heavy atom. The maximum absolute atomic E-state index is 13.8. The quantitative estimate of drug-likeness (QED) is 0.568. The number of benzene rings is 1. The second-order valence-electron chi connectivity index (χ2n) is 10.1. The normalized spacial score (nSPS) is 16.1. The van der Waals surface area contributed by atoms with Gasteiger partial charge in [0.15, 0.2) is 0 Å². The van der Waals surface area contributed by atoms with Crippen molar-refractivity contribution in [3.63, 3.8) is 0 Å². The summed E-state index contributed by atoms with van der Waals surface area (Å²) < 4.78 is 20.9. The minimum Gasteiger partial charge on any atom is -0.444 e. The van der Waals surface area contributed by atoms with Gasteiger partial charge in [0, 0.05) is 50.1 Å². The summed E-state index contributed by atoms with van der Waals surface area (Å²) in [6, 6.07) is 5.85. The monoisotopic (exact) mass is 485 g/mol. The van der Waals surface area contributed by atoms with Gasteiger partial charge in [0.2, 0.25) is 0 Å². The zero-order valence-corrected chi connectivity index (χ0v) is 21.1. The molecular formula is C27H36FN3O4. The number of likely N-dealkylation sites (tertiary alicyclic amines) is 1. The van der Waals surface area contributed by atoms with Crippen molar-refractivity contribution >= 4 is 17.8 Å². The SMILES string of the molecule is CCCCC(=O)Cc1cn(-c2cccc(F)c2)cc1C(=O)N[C@H]1CCCN(C(=O)OC(C)(C)C)C1. The maximum Gasteiger partial charge on any atom is 0.410 e. The zero-order chi connectivity index (χ0) is 25.6. The van der Waals surface area contributed by atoms with Crippen LogP contribution < -0.4 is 5.32 Å². The molecule has 0 radical (unpaired) electrons. The Morgan fingerprint density at radius 3 is 2.66 bits per heavy atom. The average Bonchev–Trinajstić information content (AvgIpc) is 3.20. The number of hydrogen-bond acceptors (Lipinski definition) is 4. The van der Waals surface area contributed by atoms with E-state index in [1.54, 1.807) is 34.0 Å². The third-order valence-electron chi connectivity index (χ3n) is 5.87. The van der Waals surface area contributed by atoms with Crippen molar-refractivity contribution in [1.29, 1.82) is 0 Å². The van der Waals surface area contributed by atoms with E-state index in [0.717, 1.165) is 25.7 Å². The van der Waals surface area contributed by atoms with Gasteiger partial charge in [-0.05, 0) is 63.8 Å². The molecule has 7 nitrogen and oxygen atoms in total. The van der Waals surface area contributed by atoms with Crippen LogP contribution in [0.2, 0.25) is 0 Å². The molecule has 0 saturated carbocycles. The van der Waals surface area contributed by atoms with Gasteiger partial charge in [0.25, 0.3) is 5.91 Å². The van der Waals surface area contributed by atoms with E-state index in [1.165, 1.54) is 12.1 Å². The van der Waals surface area contributed by atoms with Crippen LogP contribution in [-0.4, -0.2) is 52.0 Å². The van der Waals surface area contributed by atoms with Crippen LogP contribution in [-0.2, 0) is 16.0 Å². The molecule has 3 rings (SSSR count). The summed E-state index contributed by atoms with van der Waals surface area (Å²) in [5.74, 6) is -0.631. The van der Waals surface area contributed by atoms with Crippen LogP contribution in [0.3, 0.4) is 0 Å². The van der Waals surface area contributed by atoms with E-state index in [2.05, 4.69) is 5.32 Å². The highest BCUT2D eigenvalue weighted by atomic mass is 19.1. The van der Waals surface area contributed by atoms with E-state index in [1.807, 2.05) is 27.7 Å². The van der Waals surface area contributed by atoms with Crippen LogP contribution in [0.4, 0.5) is 9.18 Å². The van der Waals surface area contributed by atoms with Crippen molar-refractivity contribution < 1.29 is 23.5 Å². The lowest BCUT2D eigenvalue weighted by molar-refractivity contribution is -0.118. The number of Topliss-reactive ketones (excluding diaryl/α,β-unsaturated/α-hetero) is 1. The molecular weight excluding hydrogens is 449 g/mol. The molecule has 2 heterocycles. The van der Waals surface area contributed by atoms with Crippen LogP contribution >= 0.6 is 0 Å². The first-order valence-corrected chi connectivity index (χ1v) is 12.3. The zero-order valence-electron chi connectivity index (χ0n) is 21.1. The minimum absolute atomic E-state index is 0.0617. The van der Waals surface area contributed by atoms with E-state index >= 15 is 0 Å². The van der Waals surface area contributed by atoms with E-state index in [-0.39, 0.29) is 30.0 Å². The molecule has 1 N–H and O–H groups in total. The number of halogens is 1. The molecule has 1 fully saturated rings. The molecule has 0 aliphatic carbocycles. The van der Waals surface area contributed by atoms with Gasteiger partial charge in [-0.2, -0.15) is 0 Å². The number of nitrogens with zero attached hydrogens (tertiary/aromatic N) is 2. The molecule has 1 saturated heterocycles. The minimum atomic E-state index is -0.591. The average molecular weight is 486 g/mol. The standard InChI is InChI=1S/C27H36FN3O4/c1-5-6-12-23(32)14-19-16-31(22-11-7-9-20(28)15-22)18-24(19)25(33)29-21-10-8-13-30(17-21)26(34)35-27(2,3)4/h7,9,11,15-16,18,21H,5-6,8,10,12-14,17H2,1-4H3,(H,29,33)/t21-/m0/s1. The second kappa shape index (κ2) is 11.5. The molecule has 8 heteroatoms. The van der Waals surface area contributed by atoms with Gasteiger partial charge in [-0.3, -0.25) is 9.59 Å². The van der Waals surface area contributed by atoms with Crippen LogP contribution in [0.15, 0.2) is 36.7 Å². The van der Waals surface area contributed by atoms with E-state index in [9.17, 15) is 18.8 Å². The second-order valence-corrected chi connectivity index (χ2v) is 10.1. The third kappa shape index (κ3) is 7.67. The number of ether oxygens (including phenoxy) is 1. The molecule has 1 aromatic heterocycles. The summed E-state index contributed by atoms with van der Waals surface area (Å²) in [6.45, 7) is 8.42. The Kier molecular flexibility index (Phi) is 8.70. The van der Waals surface area contributed by atoms with Gasteiger partial charge in [0.1, 0.15) is 17.2 Å². The van der Waals surface area contributed by atoms with E-state index in [4.69, 9.17) is 4.74 Å². The summed E-state index contributed by atoms with van der Waals surface area (Å²) in [5, 5.41) is 3.03. The maximum atomic E-state index is 13.8. The first-order chi connectivity index (χ1) is 16.6. The molecule has 0 bridgehead atoms. The summed E-state index contributed by atoms with van der Waals surface area (Å²) >= 11 is 0. The van der Waals surface area contributed by atoms with Gasteiger partial charge in [0.05, 0.1) is 5.56 Å². The third-order valence-corrected chi connectivity index (χ3v) is 5.87. The fourth-order valence-electron chi connectivity index (χ4n) is 4.15. The van der Waals surface area contributed by atoms with Gasteiger partial charge in [-0.1, -0.05) is 19.4 Å². The van der Waals surface area contributed by atoms with E-state index in [0.29, 0.717) is 36.3 Å². The summed E-state index contributed by atoms with van der Waals surface area (Å²) in [6.07, 6.45) is 6.76. The molecule has 1 aliphatic rings. The van der Waals surface area contributed by atoms with Crippen molar-refractivity contribution in [3.8, 4) is 5.69 Å². The molecule has 0 spiro atoms. The van der Waals surface area contributed by atoms with E-state index < -0.39 is 11.7 Å². The Hall–Kier alpha value is -3.16. The summed E-state index contributed by atoms with van der Waals surface area (Å²) in [5.41, 5.74) is 0.966. The lowest BCUT2D eigenvalue weighted by atomic mass is 10.0. The molecule has 2 aromatic rings. The largest absolute Gasteiger partial charge is 0.444 e. The number of nitrogens with one attached hydrogen (secondary N) is 1. The molecule has 0 unspecified atom stereocenters. The van der Waals surface area contributed by atoms with Gasteiger partial charge in [-0.25, -0.2) is 9.18 Å². The van der Waals surface area contributed by atoms with Crippen LogP contribution in [0.5, 0.6) is 0 Å². The Balaban J connectivity index is 1.77. The van der Waals surface area contributed by atoms with Crippen LogP contribution in [0.25, 0.3) is 5.69 Å². The first-order valence-electron chi connectivity index (χ1n) is 12.3. The number of carbonyl (C=O) groups excluding carboxylic acids is 3. The number of amides is 2. The molecule has 190 valence electrons. The Labute approximate surface area is 206 Å². The van der Waals surface area contributed by atoms with Crippen LogP contribution in [0.1, 0.15) is 75.7 Å². The number of unbranched alkanes of at least 4 members (excludes halogenated alkanes) is 1. The van der Waals surface area contributed by atoms with Crippen molar-refractivity contribution in [2.24, 2.45) is 0 Å². The number of carbonyl (C=O) groups is 3. The molecule has 1 aliphatic heterocycles. The topological polar surface area (TPSA) is 80.6 Å². The van der Waals surface area contributed by atoms with Crippen molar-refractivity contribution in [3.05, 3.63) is 53.6 Å². The number of ketones is 1. The summed E-state index contributed by atoms with van der Waals surface area (Å²) in [4.78, 5) is 39.9. The Bertz CT molecular complexity index is 1060. The molecule has 2 amide bonds. The van der Waals surface area contributed by atoms with Gasteiger partial charge >= 0.3 is 6.09 Å². The van der Waals surface area contributed by atoms with Crippen molar-refractivity contribution in [2.45, 2.75) is 77.9 Å². The predicted molar refractivity (Wildman–Crippen MR) is 132 cm³/mol. The van der Waals surface area contributed by atoms with Crippen molar-refractivity contribution in [1.82, 2.24) is 14.8 Å². The molecule has 1 atom stereocenters. The van der Waals surface area contributed by atoms with Crippen LogP contribution in [0, 0.1) is 5.82 Å². The number of aromatic nitrogens is 1. The highest BCUT2D eigenvalue weighted by Crippen LogP contribution is 2.20. The molecule has 35 heavy (non-hydrogen) atoms. The smallest absolute Gasteiger partial charge is 0.410 e. The highest BCUT2D eigenvalue weighted by Gasteiger charge is 2.29. The molecule has 1 aromatic carbocycles. The number of piperidine rings is 1. The van der Waals surface area contributed by atoms with Crippen molar-refractivity contribution in [2.75, 3.05) is 13.1 Å².